The van der Waals surface area contributed by atoms with Crippen LogP contribution in [-0.2, 0) is 22.6 Å². The average molecular weight is 451 g/mol. The molecule has 1 fully saturated rings. The number of fused-ring (bicyclic) bond motifs is 1. The van der Waals surface area contributed by atoms with Crippen LogP contribution in [0.15, 0.2) is 42.5 Å². The van der Waals surface area contributed by atoms with Crippen LogP contribution < -0.4 is 14.8 Å². The Hall–Kier alpha value is -3.02. The molecule has 0 bridgehead atoms. The van der Waals surface area contributed by atoms with Crippen molar-refractivity contribution in [2.45, 2.75) is 77.4 Å². The van der Waals surface area contributed by atoms with Gasteiger partial charge in [0.05, 0.1) is 0 Å². The third-order valence-electron chi connectivity index (χ3n) is 6.79. The van der Waals surface area contributed by atoms with Gasteiger partial charge in [-0.25, -0.2) is 0 Å². The highest BCUT2D eigenvalue weighted by molar-refractivity contribution is 5.87. The summed E-state index contributed by atoms with van der Waals surface area (Å²) < 4.78 is 10.8. The second-order valence-electron chi connectivity index (χ2n) is 9.16. The lowest BCUT2D eigenvalue weighted by Gasteiger charge is -2.31. The Bertz CT molecular complexity index is 984. The van der Waals surface area contributed by atoms with Crippen LogP contribution in [0.3, 0.4) is 0 Å². The number of nitrogens with one attached hydrogen (secondary N) is 1. The Morgan fingerprint density at radius 3 is 2.61 bits per heavy atom. The zero-order valence-corrected chi connectivity index (χ0v) is 19.6. The Kier molecular flexibility index (Phi) is 7.53. The number of rotatable bonds is 8. The van der Waals surface area contributed by atoms with Crippen LogP contribution in [0.1, 0.15) is 62.1 Å². The van der Waals surface area contributed by atoms with Crippen molar-refractivity contribution in [3.8, 4) is 11.5 Å². The molecule has 2 amide bonds. The molecule has 0 spiro atoms. The minimum atomic E-state index is -0.532. The highest BCUT2D eigenvalue weighted by atomic mass is 16.7. The summed E-state index contributed by atoms with van der Waals surface area (Å²) in [6.07, 6.45) is 6.49. The fourth-order valence-corrected chi connectivity index (χ4v) is 4.61. The summed E-state index contributed by atoms with van der Waals surface area (Å²) >= 11 is 0. The molecule has 6 heteroatoms. The van der Waals surface area contributed by atoms with Gasteiger partial charge in [-0.2, -0.15) is 0 Å². The average Bonchev–Trinajstić information content (AvgIpc) is 3.30. The maximum atomic E-state index is 13.4. The van der Waals surface area contributed by atoms with Gasteiger partial charge in [-0.15, -0.1) is 0 Å². The monoisotopic (exact) mass is 450 g/mol. The fourth-order valence-electron chi connectivity index (χ4n) is 4.61. The van der Waals surface area contributed by atoms with Gasteiger partial charge in [0.1, 0.15) is 6.04 Å². The van der Waals surface area contributed by atoms with E-state index in [0.717, 1.165) is 53.9 Å². The molecule has 2 aliphatic rings. The molecular weight excluding hydrogens is 416 g/mol. The maximum Gasteiger partial charge on any atom is 0.242 e. The minimum Gasteiger partial charge on any atom is -0.454 e. The first-order valence-corrected chi connectivity index (χ1v) is 12.0. The third kappa shape index (κ3) is 5.86. The number of aryl methyl sites for hydroxylation is 2. The van der Waals surface area contributed by atoms with Crippen LogP contribution in [0.4, 0.5) is 0 Å². The van der Waals surface area contributed by atoms with Gasteiger partial charge in [-0.05, 0) is 61.9 Å². The van der Waals surface area contributed by atoms with E-state index in [2.05, 4.69) is 5.32 Å². The van der Waals surface area contributed by atoms with E-state index >= 15 is 0 Å². The molecule has 1 saturated carbocycles. The largest absolute Gasteiger partial charge is 0.454 e. The van der Waals surface area contributed by atoms with Crippen molar-refractivity contribution < 1.29 is 19.1 Å². The molecular formula is C27H34N2O4. The molecule has 2 aromatic rings. The molecule has 176 valence electrons. The number of hydrogen-bond acceptors (Lipinski definition) is 4. The van der Waals surface area contributed by atoms with E-state index in [1.165, 1.54) is 6.42 Å². The number of carbonyl (C=O) groups is 2. The molecule has 6 nitrogen and oxygen atoms in total. The Labute approximate surface area is 196 Å². The first-order chi connectivity index (χ1) is 16.0. The zero-order chi connectivity index (χ0) is 23.2. The van der Waals surface area contributed by atoms with Crippen LogP contribution in [-0.4, -0.2) is 35.6 Å². The van der Waals surface area contributed by atoms with Gasteiger partial charge >= 0.3 is 0 Å². The number of carbonyl (C=O) groups excluding carboxylic acids is 2. The number of ether oxygens (including phenoxy) is 2. The molecule has 2 aromatic carbocycles. The molecule has 0 aromatic heterocycles. The minimum absolute atomic E-state index is 0.0257. The van der Waals surface area contributed by atoms with Gasteiger partial charge in [0, 0.05) is 19.0 Å². The topological polar surface area (TPSA) is 67.9 Å². The van der Waals surface area contributed by atoms with Gasteiger partial charge in [-0.1, -0.05) is 49.6 Å². The predicted octanol–water partition coefficient (Wildman–Crippen LogP) is 4.52. The van der Waals surface area contributed by atoms with Gasteiger partial charge in [0.2, 0.25) is 18.6 Å². The zero-order valence-electron chi connectivity index (χ0n) is 19.6. The number of benzene rings is 2. The molecule has 0 radical (unpaired) electrons. The summed E-state index contributed by atoms with van der Waals surface area (Å²) in [5.41, 5.74) is 3.19. The number of amides is 2. The van der Waals surface area contributed by atoms with Crippen molar-refractivity contribution in [3.63, 3.8) is 0 Å². The number of nitrogens with zero attached hydrogens (tertiary/aromatic N) is 1. The van der Waals surface area contributed by atoms with Gasteiger partial charge in [-0.3, -0.25) is 9.59 Å². The van der Waals surface area contributed by atoms with Crippen LogP contribution in [0.2, 0.25) is 0 Å². The van der Waals surface area contributed by atoms with Crippen LogP contribution in [0.25, 0.3) is 0 Å². The van der Waals surface area contributed by atoms with E-state index < -0.39 is 6.04 Å². The van der Waals surface area contributed by atoms with E-state index in [4.69, 9.17) is 9.47 Å². The van der Waals surface area contributed by atoms with Crippen molar-refractivity contribution in [1.29, 1.82) is 0 Å². The molecule has 1 N–H and O–H groups in total. The molecule has 1 heterocycles. The van der Waals surface area contributed by atoms with E-state index in [-0.39, 0.29) is 24.6 Å². The molecule has 0 unspecified atom stereocenters. The Balaban J connectivity index is 1.45. The first kappa shape index (κ1) is 23.1. The molecule has 1 atom stereocenters. The molecule has 4 rings (SSSR count). The van der Waals surface area contributed by atoms with Crippen molar-refractivity contribution in [2.24, 2.45) is 0 Å². The van der Waals surface area contributed by atoms with Gasteiger partial charge in [0.25, 0.3) is 0 Å². The second-order valence-corrected chi connectivity index (χ2v) is 9.16. The smallest absolute Gasteiger partial charge is 0.242 e. The van der Waals surface area contributed by atoms with E-state index in [9.17, 15) is 9.59 Å². The first-order valence-electron chi connectivity index (χ1n) is 12.0. The van der Waals surface area contributed by atoms with E-state index in [0.29, 0.717) is 19.4 Å². The Morgan fingerprint density at radius 2 is 1.82 bits per heavy atom. The molecule has 1 aliphatic carbocycles. The summed E-state index contributed by atoms with van der Waals surface area (Å²) in [6, 6.07) is 13.5. The fraction of sp³-hybridized carbons (Fsp3) is 0.481. The van der Waals surface area contributed by atoms with Crippen LogP contribution in [0.5, 0.6) is 11.5 Å². The maximum absolute atomic E-state index is 13.4. The summed E-state index contributed by atoms with van der Waals surface area (Å²) in [4.78, 5) is 28.2. The lowest BCUT2D eigenvalue weighted by atomic mass is 9.95. The SMILES string of the molecule is Cc1ccccc1CN(C(=O)CCc1ccc2c(c1)OCO2)[C@@H](C)C(=O)NC1CCCCC1. The standard InChI is InChI=1S/C27H34N2O4/c1-19-8-6-7-9-22(19)17-29(20(2)27(31)28-23-10-4-3-5-11-23)26(30)15-13-21-12-14-24-25(16-21)33-18-32-24/h6-9,12,14,16,20,23H,3-5,10-11,13,15,17-18H2,1-2H3,(H,28,31)/t20-/m0/s1. The highest BCUT2D eigenvalue weighted by Gasteiger charge is 2.28. The normalized spacial score (nSPS) is 16.3. The van der Waals surface area contributed by atoms with E-state index in [1.54, 1.807) is 4.90 Å². The van der Waals surface area contributed by atoms with E-state index in [1.807, 2.05) is 56.3 Å². The molecule has 0 saturated heterocycles. The van der Waals surface area contributed by atoms with Crippen LogP contribution >= 0.6 is 0 Å². The van der Waals surface area contributed by atoms with Gasteiger partial charge < -0.3 is 19.7 Å². The summed E-state index contributed by atoms with van der Waals surface area (Å²) in [5, 5.41) is 3.19. The molecule has 33 heavy (non-hydrogen) atoms. The second kappa shape index (κ2) is 10.7. The van der Waals surface area contributed by atoms with Crippen molar-refractivity contribution in [1.82, 2.24) is 10.2 Å². The number of hydrogen-bond donors (Lipinski definition) is 1. The van der Waals surface area contributed by atoms with Gasteiger partial charge in [0.15, 0.2) is 11.5 Å². The summed E-state index contributed by atoms with van der Waals surface area (Å²) in [7, 11) is 0. The Morgan fingerprint density at radius 1 is 1.06 bits per heavy atom. The van der Waals surface area contributed by atoms with Crippen molar-refractivity contribution in [2.75, 3.05) is 6.79 Å². The lowest BCUT2D eigenvalue weighted by molar-refractivity contribution is -0.141. The quantitative estimate of drug-likeness (QED) is 0.642. The summed E-state index contributed by atoms with van der Waals surface area (Å²) in [6.45, 7) is 4.54. The molecule has 1 aliphatic heterocycles. The summed E-state index contributed by atoms with van der Waals surface area (Å²) in [5.74, 6) is 1.37. The predicted molar refractivity (Wildman–Crippen MR) is 127 cm³/mol. The van der Waals surface area contributed by atoms with Crippen LogP contribution in [0, 0.1) is 6.92 Å². The lowest BCUT2D eigenvalue weighted by Crippen LogP contribution is -2.50. The third-order valence-corrected chi connectivity index (χ3v) is 6.79. The van der Waals surface area contributed by atoms with Crippen molar-refractivity contribution in [3.05, 3.63) is 59.2 Å². The van der Waals surface area contributed by atoms with Crippen molar-refractivity contribution >= 4 is 11.8 Å². The highest BCUT2D eigenvalue weighted by Crippen LogP contribution is 2.33.